The molecule has 1 aromatic rings. The zero-order valence-electron chi connectivity index (χ0n) is 12.9. The summed E-state index contributed by atoms with van der Waals surface area (Å²) in [7, 11) is 1.59. The van der Waals surface area contributed by atoms with E-state index >= 15 is 0 Å². The Balaban J connectivity index is 2.15. The van der Waals surface area contributed by atoms with E-state index in [0.29, 0.717) is 24.0 Å². The summed E-state index contributed by atoms with van der Waals surface area (Å²) < 4.78 is 10.7. The zero-order chi connectivity index (χ0) is 15.5. The van der Waals surface area contributed by atoms with Crippen LogP contribution in [0.3, 0.4) is 0 Å². The van der Waals surface area contributed by atoms with E-state index in [-0.39, 0.29) is 13.2 Å². The van der Waals surface area contributed by atoms with Gasteiger partial charge in [0.2, 0.25) is 0 Å². The summed E-state index contributed by atoms with van der Waals surface area (Å²) in [5.74, 6) is 1.64. The van der Waals surface area contributed by atoms with Gasteiger partial charge in [-0.1, -0.05) is 19.1 Å². The second-order valence-corrected chi connectivity index (χ2v) is 5.25. The Kier molecular flexibility index (Phi) is 8.82. The predicted molar refractivity (Wildman–Crippen MR) is 82.8 cm³/mol. The largest absolute Gasteiger partial charge is 0.493 e. The maximum absolute atomic E-state index is 9.86. The van der Waals surface area contributed by atoms with Gasteiger partial charge in [0.1, 0.15) is 12.7 Å². The van der Waals surface area contributed by atoms with Crippen molar-refractivity contribution in [1.29, 1.82) is 0 Å². The lowest BCUT2D eigenvalue weighted by Crippen LogP contribution is -2.32. The predicted octanol–water partition coefficient (Wildman–Crippen LogP) is 1.43. The molecule has 0 radical (unpaired) electrons. The molecule has 0 aliphatic heterocycles. The number of aliphatic hydroxyl groups excluding tert-OH is 2. The van der Waals surface area contributed by atoms with Crippen molar-refractivity contribution in [2.75, 3.05) is 33.4 Å². The van der Waals surface area contributed by atoms with E-state index in [9.17, 15) is 5.11 Å². The highest BCUT2D eigenvalue weighted by Gasteiger charge is 2.08. The lowest BCUT2D eigenvalue weighted by molar-refractivity contribution is 0.104. The van der Waals surface area contributed by atoms with Crippen molar-refractivity contribution in [1.82, 2.24) is 5.32 Å². The second kappa shape index (κ2) is 10.4. The number of aliphatic hydroxyl groups is 2. The average Bonchev–Trinajstić information content (AvgIpc) is 2.52. The fourth-order valence-electron chi connectivity index (χ4n) is 1.92. The molecule has 3 N–H and O–H groups in total. The first-order valence-corrected chi connectivity index (χ1v) is 7.42. The number of benzene rings is 1. The number of ether oxygens (including phenoxy) is 2. The molecule has 120 valence electrons. The molecule has 0 aliphatic rings. The van der Waals surface area contributed by atoms with Crippen LogP contribution in [0.5, 0.6) is 11.5 Å². The first-order valence-electron chi connectivity index (χ1n) is 7.42. The quantitative estimate of drug-likeness (QED) is 0.539. The van der Waals surface area contributed by atoms with Crippen molar-refractivity contribution in [3.05, 3.63) is 24.3 Å². The van der Waals surface area contributed by atoms with Crippen LogP contribution >= 0.6 is 0 Å². The smallest absolute Gasteiger partial charge is 0.161 e. The van der Waals surface area contributed by atoms with Gasteiger partial charge in [-0.2, -0.15) is 0 Å². The van der Waals surface area contributed by atoms with Gasteiger partial charge in [-0.15, -0.1) is 0 Å². The van der Waals surface area contributed by atoms with Crippen LogP contribution in [0.15, 0.2) is 24.3 Å². The Morgan fingerprint density at radius 1 is 1.24 bits per heavy atom. The summed E-state index contributed by atoms with van der Waals surface area (Å²) in [5.41, 5.74) is 0. The molecule has 0 amide bonds. The average molecular weight is 297 g/mol. The van der Waals surface area contributed by atoms with Crippen LogP contribution in [0.1, 0.15) is 19.8 Å². The van der Waals surface area contributed by atoms with Crippen LogP contribution in [0.2, 0.25) is 0 Å². The molecule has 0 spiro atoms. The van der Waals surface area contributed by atoms with Gasteiger partial charge in [-0.3, -0.25) is 0 Å². The minimum absolute atomic E-state index is 0.223. The maximum atomic E-state index is 9.86. The highest BCUT2D eigenvalue weighted by atomic mass is 16.5. The van der Waals surface area contributed by atoms with Crippen LogP contribution in [-0.4, -0.2) is 49.7 Å². The molecule has 2 atom stereocenters. The second-order valence-electron chi connectivity index (χ2n) is 5.25. The molecule has 0 aromatic heterocycles. The number of para-hydroxylation sites is 2. The van der Waals surface area contributed by atoms with Gasteiger partial charge < -0.3 is 25.0 Å². The number of rotatable bonds is 11. The van der Waals surface area contributed by atoms with Gasteiger partial charge in [0.05, 0.1) is 7.11 Å². The van der Waals surface area contributed by atoms with E-state index in [1.54, 1.807) is 7.11 Å². The normalized spacial score (nSPS) is 13.7. The van der Waals surface area contributed by atoms with Gasteiger partial charge >= 0.3 is 0 Å². The van der Waals surface area contributed by atoms with E-state index in [4.69, 9.17) is 14.6 Å². The standard InChI is InChI=1S/C16H27NO4/c1-13(11-18)6-5-9-17-10-14(19)12-21-16-8-4-3-7-15(16)20-2/h3-4,7-8,13-14,17-19H,5-6,9-12H2,1-2H3. The lowest BCUT2D eigenvalue weighted by Gasteiger charge is -2.15. The Hall–Kier alpha value is -1.30. The third-order valence-electron chi connectivity index (χ3n) is 3.24. The first-order chi connectivity index (χ1) is 10.2. The molecule has 0 aliphatic carbocycles. The van der Waals surface area contributed by atoms with Crippen molar-refractivity contribution < 1.29 is 19.7 Å². The van der Waals surface area contributed by atoms with Crippen LogP contribution < -0.4 is 14.8 Å². The number of hydrogen-bond acceptors (Lipinski definition) is 5. The summed E-state index contributed by atoms with van der Waals surface area (Å²) >= 11 is 0. The Morgan fingerprint density at radius 3 is 2.62 bits per heavy atom. The molecule has 0 heterocycles. The van der Waals surface area contributed by atoms with Crippen LogP contribution in [0.25, 0.3) is 0 Å². The van der Waals surface area contributed by atoms with E-state index in [1.807, 2.05) is 31.2 Å². The molecule has 5 nitrogen and oxygen atoms in total. The molecule has 21 heavy (non-hydrogen) atoms. The fraction of sp³-hybridized carbons (Fsp3) is 0.625. The summed E-state index contributed by atoms with van der Waals surface area (Å²) in [4.78, 5) is 0. The van der Waals surface area contributed by atoms with Crippen molar-refractivity contribution in [2.24, 2.45) is 5.92 Å². The highest BCUT2D eigenvalue weighted by molar-refractivity contribution is 5.39. The van der Waals surface area contributed by atoms with Gasteiger partial charge in [0.15, 0.2) is 11.5 Å². The van der Waals surface area contributed by atoms with E-state index in [0.717, 1.165) is 19.4 Å². The molecule has 1 rings (SSSR count). The number of hydrogen-bond donors (Lipinski definition) is 3. The SMILES string of the molecule is COc1ccccc1OCC(O)CNCCCC(C)CO. The Labute approximate surface area is 126 Å². The third kappa shape index (κ3) is 7.32. The third-order valence-corrected chi connectivity index (χ3v) is 3.24. The monoisotopic (exact) mass is 297 g/mol. The van der Waals surface area contributed by atoms with Crippen LogP contribution in [0, 0.1) is 5.92 Å². The molecule has 5 heteroatoms. The minimum Gasteiger partial charge on any atom is -0.493 e. The lowest BCUT2D eigenvalue weighted by atomic mass is 10.1. The van der Waals surface area contributed by atoms with Crippen LogP contribution in [-0.2, 0) is 0 Å². The maximum Gasteiger partial charge on any atom is 0.161 e. The molecular weight excluding hydrogens is 270 g/mol. The van der Waals surface area contributed by atoms with Crippen LogP contribution in [0.4, 0.5) is 0 Å². The molecular formula is C16H27NO4. The summed E-state index contributed by atoms with van der Waals surface area (Å²) in [6.45, 7) is 3.80. The molecule has 1 aromatic carbocycles. The van der Waals surface area contributed by atoms with Gasteiger partial charge in [-0.25, -0.2) is 0 Å². The molecule has 0 saturated carbocycles. The van der Waals surface area contributed by atoms with E-state index in [1.165, 1.54) is 0 Å². The zero-order valence-corrected chi connectivity index (χ0v) is 12.9. The number of methoxy groups -OCH3 is 1. The van der Waals surface area contributed by atoms with Gasteiger partial charge in [-0.05, 0) is 37.4 Å². The number of nitrogens with one attached hydrogen (secondary N) is 1. The molecule has 2 unspecified atom stereocenters. The molecule has 0 saturated heterocycles. The first kappa shape index (κ1) is 17.8. The summed E-state index contributed by atoms with van der Waals surface area (Å²) in [6, 6.07) is 7.37. The summed E-state index contributed by atoms with van der Waals surface area (Å²) in [6.07, 6.45) is 1.41. The topological polar surface area (TPSA) is 71.0 Å². The summed E-state index contributed by atoms with van der Waals surface area (Å²) in [5, 5.41) is 22.0. The minimum atomic E-state index is -0.565. The highest BCUT2D eigenvalue weighted by Crippen LogP contribution is 2.25. The van der Waals surface area contributed by atoms with Crippen molar-refractivity contribution in [3.8, 4) is 11.5 Å². The van der Waals surface area contributed by atoms with Crippen molar-refractivity contribution in [2.45, 2.75) is 25.9 Å². The van der Waals surface area contributed by atoms with Crippen molar-refractivity contribution >= 4 is 0 Å². The van der Waals surface area contributed by atoms with E-state index in [2.05, 4.69) is 5.32 Å². The van der Waals surface area contributed by atoms with Gasteiger partial charge in [0.25, 0.3) is 0 Å². The Bertz CT molecular complexity index is 386. The Morgan fingerprint density at radius 2 is 1.95 bits per heavy atom. The van der Waals surface area contributed by atoms with E-state index < -0.39 is 6.10 Å². The van der Waals surface area contributed by atoms with Gasteiger partial charge in [0, 0.05) is 13.2 Å². The fourth-order valence-corrected chi connectivity index (χ4v) is 1.92. The molecule has 0 bridgehead atoms. The van der Waals surface area contributed by atoms with Crippen molar-refractivity contribution in [3.63, 3.8) is 0 Å². The molecule has 0 fully saturated rings.